The van der Waals surface area contributed by atoms with Gasteiger partial charge >= 0.3 is 6.18 Å². The second-order valence-electron chi connectivity index (χ2n) is 8.36. The Morgan fingerprint density at radius 3 is 2.52 bits per heavy atom. The summed E-state index contributed by atoms with van der Waals surface area (Å²) in [5.74, 6) is 1.12. The maximum absolute atomic E-state index is 12.7. The zero-order chi connectivity index (χ0) is 22.7. The number of nitriles is 1. The lowest BCUT2D eigenvalue weighted by Crippen LogP contribution is -2.38. The van der Waals surface area contributed by atoms with E-state index in [1.165, 1.54) is 32.3 Å². The molecule has 0 N–H and O–H groups in total. The number of halogens is 3. The number of piperidine rings is 1. The van der Waals surface area contributed by atoms with Gasteiger partial charge in [0.15, 0.2) is 0 Å². The minimum Gasteiger partial charge on any atom is -0.356 e. The van der Waals surface area contributed by atoms with E-state index in [1.807, 2.05) is 4.90 Å². The molecule has 1 amide bonds. The van der Waals surface area contributed by atoms with Crippen LogP contribution in [0.2, 0.25) is 0 Å². The summed E-state index contributed by atoms with van der Waals surface area (Å²) in [6.45, 7) is 3.89. The third-order valence-electron chi connectivity index (χ3n) is 6.13. The van der Waals surface area contributed by atoms with Crippen molar-refractivity contribution >= 4 is 12.2 Å². The molecule has 1 aromatic rings. The van der Waals surface area contributed by atoms with Crippen LogP contribution in [0.1, 0.15) is 70.3 Å². The summed E-state index contributed by atoms with van der Waals surface area (Å²) in [6, 6.07) is 4.74. The van der Waals surface area contributed by atoms with Gasteiger partial charge in [-0.25, -0.2) is 4.98 Å². The van der Waals surface area contributed by atoms with Crippen LogP contribution >= 0.6 is 0 Å². The predicted octanol–water partition coefficient (Wildman–Crippen LogP) is 5.42. The number of amides is 1. The van der Waals surface area contributed by atoms with Gasteiger partial charge in [-0.1, -0.05) is 19.3 Å². The zero-order valence-corrected chi connectivity index (χ0v) is 18.3. The number of carbonyl (C=O) groups excluding carboxylic acids is 1. The fourth-order valence-electron chi connectivity index (χ4n) is 4.55. The lowest BCUT2D eigenvalue weighted by atomic mass is 9.92. The summed E-state index contributed by atoms with van der Waals surface area (Å²) in [5, 5.41) is 7.32. The summed E-state index contributed by atoms with van der Waals surface area (Å²) in [4.78, 5) is 19.6. The number of hydrogen-bond donors (Lipinski definition) is 0. The number of nitrogens with zero attached hydrogens (tertiary/aromatic N) is 4. The third-order valence-corrected chi connectivity index (χ3v) is 6.13. The van der Waals surface area contributed by atoms with E-state index in [4.69, 9.17) is 5.26 Å². The number of alkyl halides is 3. The monoisotopic (exact) mass is 438 g/mol. The van der Waals surface area contributed by atoms with Gasteiger partial charge in [-0.3, -0.25) is 4.79 Å². The molecule has 2 aliphatic rings. The minimum atomic E-state index is -4.35. The Bertz CT molecular complexity index is 696. The Morgan fingerprint density at radius 2 is 1.94 bits per heavy atom. The van der Waals surface area contributed by atoms with E-state index in [1.54, 1.807) is 6.07 Å². The molecule has 0 spiro atoms. The topological polar surface area (TPSA) is 60.2 Å². The molecule has 1 aliphatic carbocycles. The average Bonchev–Trinajstić information content (AvgIpc) is 2.78. The molecule has 2 heterocycles. The van der Waals surface area contributed by atoms with Crippen LogP contribution in [0, 0.1) is 17.2 Å². The van der Waals surface area contributed by atoms with E-state index in [2.05, 4.69) is 9.88 Å². The van der Waals surface area contributed by atoms with Crippen LogP contribution in [0.15, 0.2) is 18.3 Å². The number of hydrogen-bond acceptors (Lipinski definition) is 4. The van der Waals surface area contributed by atoms with Gasteiger partial charge in [-0.15, -0.1) is 0 Å². The first kappa shape index (κ1) is 25.0. The summed E-state index contributed by atoms with van der Waals surface area (Å²) < 4.78 is 38.1. The Morgan fingerprint density at radius 1 is 1.23 bits per heavy atom. The highest BCUT2D eigenvalue weighted by atomic mass is 19.4. The first-order valence-electron chi connectivity index (χ1n) is 11.2. The molecular formula is C23H33F3N4O. The normalized spacial score (nSPS) is 19.7. The molecule has 1 saturated heterocycles. The molecule has 8 heteroatoms. The van der Waals surface area contributed by atoms with Crippen molar-refractivity contribution in [2.24, 2.45) is 5.92 Å². The van der Waals surface area contributed by atoms with Crippen LogP contribution < -0.4 is 4.90 Å². The van der Waals surface area contributed by atoms with Gasteiger partial charge in [0, 0.05) is 38.8 Å². The average molecular weight is 439 g/mol. The largest absolute Gasteiger partial charge is 0.417 e. The van der Waals surface area contributed by atoms with Gasteiger partial charge in [0.1, 0.15) is 5.82 Å². The predicted molar refractivity (Wildman–Crippen MR) is 114 cm³/mol. The molecule has 1 atom stereocenters. The third kappa shape index (κ3) is 8.04. The molecule has 1 unspecified atom stereocenters. The van der Waals surface area contributed by atoms with Gasteiger partial charge in [0.2, 0.25) is 6.41 Å². The van der Waals surface area contributed by atoms with Crippen LogP contribution in [0.5, 0.6) is 0 Å². The zero-order valence-electron chi connectivity index (χ0n) is 18.3. The van der Waals surface area contributed by atoms with Crippen molar-refractivity contribution in [1.82, 2.24) is 9.88 Å². The maximum Gasteiger partial charge on any atom is 0.417 e. The molecule has 0 aromatic carbocycles. The summed E-state index contributed by atoms with van der Waals surface area (Å²) >= 11 is 0. The van der Waals surface area contributed by atoms with Crippen molar-refractivity contribution in [2.75, 3.05) is 24.5 Å². The fourth-order valence-corrected chi connectivity index (χ4v) is 4.55. The summed E-state index contributed by atoms with van der Waals surface area (Å²) in [6.07, 6.45) is 7.69. The van der Waals surface area contributed by atoms with E-state index >= 15 is 0 Å². The van der Waals surface area contributed by atoms with Gasteiger partial charge in [0.05, 0.1) is 11.6 Å². The lowest BCUT2D eigenvalue weighted by molar-refractivity contribution is -0.137. The van der Waals surface area contributed by atoms with E-state index in [-0.39, 0.29) is 0 Å². The molecular weight excluding hydrogens is 405 g/mol. The van der Waals surface area contributed by atoms with Gasteiger partial charge in [-0.2, -0.15) is 18.4 Å². The standard InChI is InChI=1S/C21H30F3N3O.C2H3N/c22-21(23,24)18-10-11-20(25-14-18)26-12-4-6-17(15-26)7-5-13-27(16-28)19-8-2-1-3-9-19;1-2-3/h10-11,14,16-17,19H,1-9,12-13,15H2;1H3. The van der Waals surface area contributed by atoms with Crippen molar-refractivity contribution in [1.29, 1.82) is 5.26 Å². The molecule has 1 aromatic heterocycles. The van der Waals surface area contributed by atoms with Crippen LogP contribution in [0.3, 0.4) is 0 Å². The van der Waals surface area contributed by atoms with Crippen molar-refractivity contribution < 1.29 is 18.0 Å². The Hall–Kier alpha value is -2.30. The van der Waals surface area contributed by atoms with Gasteiger partial charge in [-0.05, 0) is 56.6 Å². The molecule has 1 aliphatic heterocycles. The van der Waals surface area contributed by atoms with Crippen LogP contribution in [-0.2, 0) is 11.0 Å². The SMILES string of the molecule is CC#N.O=CN(CCCC1CCCN(c2ccc(C(F)(F)F)cn2)C1)C1CCCCC1. The van der Waals surface area contributed by atoms with Crippen molar-refractivity contribution in [3.63, 3.8) is 0 Å². The van der Waals surface area contributed by atoms with E-state index in [0.717, 1.165) is 76.8 Å². The molecule has 172 valence electrons. The first-order chi connectivity index (χ1) is 14.9. The number of carbonyl (C=O) groups is 1. The van der Waals surface area contributed by atoms with Crippen molar-refractivity contribution in [3.8, 4) is 6.07 Å². The van der Waals surface area contributed by atoms with Gasteiger partial charge in [0.25, 0.3) is 0 Å². The Kier molecular flexibility index (Phi) is 10.1. The highest BCUT2D eigenvalue weighted by molar-refractivity contribution is 5.47. The van der Waals surface area contributed by atoms with Crippen molar-refractivity contribution in [2.45, 2.75) is 76.9 Å². The number of rotatable bonds is 7. The van der Waals surface area contributed by atoms with Gasteiger partial charge < -0.3 is 9.80 Å². The Balaban J connectivity index is 0.00000107. The highest BCUT2D eigenvalue weighted by Crippen LogP contribution is 2.31. The molecule has 2 fully saturated rings. The lowest BCUT2D eigenvalue weighted by Gasteiger charge is -2.35. The molecule has 3 rings (SSSR count). The quantitative estimate of drug-likeness (QED) is 0.534. The smallest absolute Gasteiger partial charge is 0.356 e. The number of anilines is 1. The Labute approximate surface area is 183 Å². The van der Waals surface area contributed by atoms with E-state index in [9.17, 15) is 18.0 Å². The highest BCUT2D eigenvalue weighted by Gasteiger charge is 2.31. The van der Waals surface area contributed by atoms with Crippen LogP contribution in [0.25, 0.3) is 0 Å². The molecule has 1 saturated carbocycles. The molecule has 0 radical (unpaired) electrons. The first-order valence-corrected chi connectivity index (χ1v) is 11.2. The summed E-state index contributed by atoms with van der Waals surface area (Å²) in [5.41, 5.74) is -0.707. The second-order valence-corrected chi connectivity index (χ2v) is 8.36. The number of pyridine rings is 1. The number of aromatic nitrogens is 1. The second kappa shape index (κ2) is 12.5. The molecule has 0 bridgehead atoms. The molecule has 5 nitrogen and oxygen atoms in total. The van der Waals surface area contributed by atoms with Crippen molar-refractivity contribution in [3.05, 3.63) is 23.9 Å². The van der Waals surface area contributed by atoms with Crippen LogP contribution in [-0.4, -0.2) is 42.0 Å². The fraction of sp³-hybridized carbons (Fsp3) is 0.696. The molecule has 31 heavy (non-hydrogen) atoms. The van der Waals surface area contributed by atoms with Crippen LogP contribution in [0.4, 0.5) is 19.0 Å². The van der Waals surface area contributed by atoms with E-state index < -0.39 is 11.7 Å². The maximum atomic E-state index is 12.7. The van der Waals surface area contributed by atoms with E-state index in [0.29, 0.717) is 17.8 Å². The minimum absolute atomic E-state index is 0.408. The summed E-state index contributed by atoms with van der Waals surface area (Å²) in [7, 11) is 0.